The van der Waals surface area contributed by atoms with E-state index in [1.807, 2.05) is 44.4 Å². The van der Waals surface area contributed by atoms with E-state index >= 15 is 0 Å². The zero-order valence-electron chi connectivity index (χ0n) is 17.8. The number of aryl methyl sites for hydroxylation is 1. The zero-order chi connectivity index (χ0) is 22.1. The van der Waals surface area contributed by atoms with Gasteiger partial charge in [0.05, 0.1) is 38.0 Å². The topological polar surface area (TPSA) is 96.9 Å². The second-order valence-electron chi connectivity index (χ2n) is 7.75. The Morgan fingerprint density at radius 3 is 2.66 bits per heavy atom. The van der Waals surface area contributed by atoms with Crippen LogP contribution in [-0.4, -0.2) is 48.8 Å². The minimum Gasteiger partial charge on any atom is -0.482 e. The van der Waals surface area contributed by atoms with E-state index < -0.39 is 0 Å². The molecule has 1 aliphatic heterocycles. The summed E-state index contributed by atoms with van der Waals surface area (Å²) in [6, 6.07) is 9.37. The number of hydrogen-bond acceptors (Lipinski definition) is 7. The van der Waals surface area contributed by atoms with E-state index in [1.54, 1.807) is 34.2 Å². The maximum atomic E-state index is 12.6. The molecule has 1 fully saturated rings. The predicted molar refractivity (Wildman–Crippen MR) is 117 cm³/mol. The van der Waals surface area contributed by atoms with Gasteiger partial charge in [-0.15, -0.1) is 0 Å². The van der Waals surface area contributed by atoms with Gasteiger partial charge in [0.25, 0.3) is 0 Å². The van der Waals surface area contributed by atoms with Crippen molar-refractivity contribution in [3.8, 4) is 22.8 Å². The highest BCUT2D eigenvalue weighted by Crippen LogP contribution is 2.25. The van der Waals surface area contributed by atoms with Gasteiger partial charge in [-0.2, -0.15) is 10.2 Å². The lowest BCUT2D eigenvalue weighted by atomic mass is 9.95. The van der Waals surface area contributed by atoms with Gasteiger partial charge in [0, 0.05) is 30.8 Å². The maximum Gasteiger partial charge on any atom is 0.203 e. The first-order valence-electron chi connectivity index (χ1n) is 10.3. The van der Waals surface area contributed by atoms with Crippen LogP contribution in [0.15, 0.2) is 66.1 Å². The Labute approximate surface area is 184 Å². The van der Waals surface area contributed by atoms with Gasteiger partial charge in [-0.25, -0.2) is 14.6 Å². The van der Waals surface area contributed by atoms with Gasteiger partial charge in [0.15, 0.2) is 11.6 Å². The Balaban J connectivity index is 1.41. The molecule has 1 aliphatic rings. The molecule has 0 bridgehead atoms. The van der Waals surface area contributed by atoms with Crippen molar-refractivity contribution in [1.29, 1.82) is 0 Å². The molecule has 0 N–H and O–H groups in total. The minimum absolute atomic E-state index is 0.0720. The van der Waals surface area contributed by atoms with Crippen LogP contribution in [-0.2, 0) is 11.8 Å². The Morgan fingerprint density at radius 1 is 1.16 bits per heavy atom. The first-order valence-corrected chi connectivity index (χ1v) is 10.3. The number of rotatable bonds is 6. The lowest BCUT2D eigenvalue weighted by molar-refractivity contribution is -0.0799. The third kappa shape index (κ3) is 4.02. The van der Waals surface area contributed by atoms with Crippen molar-refractivity contribution in [1.82, 2.24) is 29.5 Å². The molecule has 4 aromatic rings. The maximum absolute atomic E-state index is 12.6. The number of benzene rings is 1. The average molecular weight is 430 g/mol. The molecule has 0 aliphatic carbocycles. The van der Waals surface area contributed by atoms with Crippen molar-refractivity contribution >= 4 is 0 Å². The van der Waals surface area contributed by atoms with Crippen LogP contribution in [0.25, 0.3) is 17.1 Å². The van der Waals surface area contributed by atoms with E-state index in [4.69, 9.17) is 9.47 Å². The molecule has 9 nitrogen and oxygen atoms in total. The van der Waals surface area contributed by atoms with Crippen molar-refractivity contribution < 1.29 is 9.47 Å². The molecule has 1 unspecified atom stereocenters. The fourth-order valence-electron chi connectivity index (χ4n) is 3.50. The molecule has 0 saturated carbocycles. The molecule has 4 heterocycles. The van der Waals surface area contributed by atoms with E-state index in [9.17, 15) is 4.79 Å². The van der Waals surface area contributed by atoms with Crippen molar-refractivity contribution in [2.45, 2.75) is 18.9 Å². The lowest BCUT2D eigenvalue weighted by Crippen LogP contribution is -2.38. The third-order valence-electron chi connectivity index (χ3n) is 5.38. The molecule has 1 aromatic carbocycles. The smallest absolute Gasteiger partial charge is 0.203 e. The average Bonchev–Trinajstić information content (AvgIpc) is 3.23. The summed E-state index contributed by atoms with van der Waals surface area (Å²) in [5, 5.41) is 8.75. The molecular weight excluding hydrogens is 408 g/mol. The predicted octanol–water partition coefficient (Wildman–Crippen LogP) is 2.35. The Morgan fingerprint density at radius 2 is 1.97 bits per heavy atom. The second kappa shape index (κ2) is 8.35. The summed E-state index contributed by atoms with van der Waals surface area (Å²) in [7, 11) is 1.84. The highest BCUT2D eigenvalue weighted by molar-refractivity contribution is 5.57. The number of ether oxygens (including phenoxy) is 2. The SMILES string of the molecule is CC(c1cccc(-c2ncc(OC3COC3)cn2)c1)c1nn(-c2cnn(C)c2)ccc1=O. The molecule has 5 rings (SSSR count). The van der Waals surface area contributed by atoms with Crippen LogP contribution in [0.2, 0.25) is 0 Å². The van der Waals surface area contributed by atoms with E-state index in [0.29, 0.717) is 30.5 Å². The summed E-state index contributed by atoms with van der Waals surface area (Å²) >= 11 is 0. The van der Waals surface area contributed by atoms with Crippen LogP contribution in [0, 0.1) is 0 Å². The molecule has 0 spiro atoms. The van der Waals surface area contributed by atoms with Crippen molar-refractivity contribution in [3.05, 3.63) is 82.8 Å². The molecule has 1 atom stereocenters. The molecule has 1 saturated heterocycles. The quantitative estimate of drug-likeness (QED) is 0.463. The standard InChI is InChI=1S/C23H22N6O3/c1-15(22-21(30)6-7-29(27-22)18-9-26-28(2)12-18)16-4-3-5-17(8-16)23-24-10-19(11-25-23)32-20-13-31-14-20/h3-12,15,20H,13-14H2,1-2H3. The van der Waals surface area contributed by atoms with Gasteiger partial charge in [0.2, 0.25) is 5.43 Å². The highest BCUT2D eigenvalue weighted by atomic mass is 16.6. The van der Waals surface area contributed by atoms with Crippen LogP contribution < -0.4 is 10.2 Å². The molecule has 32 heavy (non-hydrogen) atoms. The van der Waals surface area contributed by atoms with Crippen molar-refractivity contribution in [2.24, 2.45) is 7.05 Å². The molecule has 0 amide bonds. The Kier molecular flexibility index (Phi) is 5.24. The van der Waals surface area contributed by atoms with Gasteiger partial charge in [0.1, 0.15) is 17.5 Å². The fraction of sp³-hybridized carbons (Fsp3) is 0.261. The summed E-state index contributed by atoms with van der Waals surface area (Å²) in [5.41, 5.74) is 2.95. The van der Waals surface area contributed by atoms with E-state index in [0.717, 1.165) is 16.8 Å². The first kappa shape index (κ1) is 20.1. The van der Waals surface area contributed by atoms with Crippen LogP contribution in [0.4, 0.5) is 0 Å². The number of hydrogen-bond donors (Lipinski definition) is 0. The fourth-order valence-corrected chi connectivity index (χ4v) is 3.50. The summed E-state index contributed by atoms with van der Waals surface area (Å²) in [5.74, 6) is 0.994. The first-order chi connectivity index (χ1) is 15.6. The van der Waals surface area contributed by atoms with Gasteiger partial charge in [-0.3, -0.25) is 9.48 Å². The Hall–Kier alpha value is -3.85. The van der Waals surface area contributed by atoms with Crippen LogP contribution in [0.1, 0.15) is 24.1 Å². The van der Waals surface area contributed by atoms with Gasteiger partial charge < -0.3 is 9.47 Å². The van der Waals surface area contributed by atoms with Crippen LogP contribution >= 0.6 is 0 Å². The van der Waals surface area contributed by atoms with Gasteiger partial charge in [-0.1, -0.05) is 25.1 Å². The minimum atomic E-state index is -0.215. The number of nitrogens with zero attached hydrogens (tertiary/aromatic N) is 6. The third-order valence-corrected chi connectivity index (χ3v) is 5.38. The molecule has 3 aromatic heterocycles. The molecule has 0 radical (unpaired) electrons. The Bertz CT molecular complexity index is 1290. The molecule has 9 heteroatoms. The zero-order valence-corrected chi connectivity index (χ0v) is 17.8. The summed E-state index contributed by atoms with van der Waals surface area (Å²) in [4.78, 5) is 21.5. The lowest BCUT2D eigenvalue weighted by Gasteiger charge is -2.26. The summed E-state index contributed by atoms with van der Waals surface area (Å²) in [6.07, 6.45) is 8.61. The van der Waals surface area contributed by atoms with E-state index in [1.165, 1.54) is 6.07 Å². The van der Waals surface area contributed by atoms with E-state index in [2.05, 4.69) is 20.2 Å². The highest BCUT2D eigenvalue weighted by Gasteiger charge is 2.20. The van der Waals surface area contributed by atoms with Crippen molar-refractivity contribution in [2.75, 3.05) is 13.2 Å². The van der Waals surface area contributed by atoms with Gasteiger partial charge in [-0.05, 0) is 11.6 Å². The van der Waals surface area contributed by atoms with Gasteiger partial charge >= 0.3 is 0 Å². The normalized spacial score (nSPS) is 14.7. The monoisotopic (exact) mass is 430 g/mol. The molecular formula is C23H22N6O3. The second-order valence-corrected chi connectivity index (χ2v) is 7.75. The largest absolute Gasteiger partial charge is 0.482 e. The van der Waals surface area contributed by atoms with Crippen LogP contribution in [0.5, 0.6) is 5.75 Å². The summed E-state index contributed by atoms with van der Waals surface area (Å²) < 4.78 is 14.2. The molecule has 162 valence electrons. The van der Waals surface area contributed by atoms with Crippen molar-refractivity contribution in [3.63, 3.8) is 0 Å². The summed E-state index contributed by atoms with van der Waals surface area (Å²) in [6.45, 7) is 3.16. The number of aromatic nitrogens is 6. The van der Waals surface area contributed by atoms with Crippen LogP contribution in [0.3, 0.4) is 0 Å². The van der Waals surface area contributed by atoms with E-state index in [-0.39, 0.29) is 17.5 Å².